The average Bonchev–Trinajstić information content (AvgIpc) is 2.09. The van der Waals surface area contributed by atoms with E-state index in [0.717, 1.165) is 18.9 Å². The molecule has 0 aliphatic rings. The third kappa shape index (κ3) is 7.76. The standard InChI is InChI=1S/C10H21NO/c1-3-4-6-10(2)7-5-8-12-9-11/h3-4,10H,5-9,11H2,1-2H3/b4-3+. The van der Waals surface area contributed by atoms with Crippen molar-refractivity contribution in [3.63, 3.8) is 0 Å². The normalized spacial score (nSPS) is 13.9. The van der Waals surface area contributed by atoms with Gasteiger partial charge in [-0.2, -0.15) is 0 Å². The van der Waals surface area contributed by atoms with Gasteiger partial charge in [0.05, 0.1) is 6.73 Å². The maximum atomic E-state index is 5.19. The van der Waals surface area contributed by atoms with Crippen LogP contribution in [0.5, 0.6) is 0 Å². The lowest BCUT2D eigenvalue weighted by atomic mass is 10.0. The first-order valence-corrected chi connectivity index (χ1v) is 4.70. The fourth-order valence-electron chi connectivity index (χ4n) is 1.10. The zero-order valence-corrected chi connectivity index (χ0v) is 8.25. The monoisotopic (exact) mass is 171 g/mol. The Balaban J connectivity index is 3.13. The lowest BCUT2D eigenvalue weighted by Crippen LogP contribution is -2.06. The molecule has 2 heteroatoms. The van der Waals surface area contributed by atoms with Crippen LogP contribution in [0.25, 0.3) is 0 Å². The zero-order chi connectivity index (χ0) is 9.23. The van der Waals surface area contributed by atoms with E-state index in [1.807, 2.05) is 0 Å². The largest absolute Gasteiger partial charge is 0.367 e. The van der Waals surface area contributed by atoms with E-state index in [1.165, 1.54) is 12.8 Å². The molecule has 0 aromatic heterocycles. The van der Waals surface area contributed by atoms with Crippen LogP contribution in [0.1, 0.15) is 33.1 Å². The molecule has 0 saturated carbocycles. The second-order valence-corrected chi connectivity index (χ2v) is 3.13. The van der Waals surface area contributed by atoms with E-state index in [4.69, 9.17) is 10.5 Å². The van der Waals surface area contributed by atoms with E-state index in [-0.39, 0.29) is 0 Å². The molecule has 12 heavy (non-hydrogen) atoms. The highest BCUT2D eigenvalue weighted by Gasteiger charge is 1.98. The van der Waals surface area contributed by atoms with Gasteiger partial charge in [0.25, 0.3) is 0 Å². The summed E-state index contributed by atoms with van der Waals surface area (Å²) in [7, 11) is 0. The van der Waals surface area contributed by atoms with Gasteiger partial charge in [-0.25, -0.2) is 0 Å². The Morgan fingerprint density at radius 2 is 2.25 bits per heavy atom. The Hall–Kier alpha value is -0.340. The van der Waals surface area contributed by atoms with Gasteiger partial charge in [-0.1, -0.05) is 19.1 Å². The maximum Gasteiger partial charge on any atom is 0.0940 e. The summed E-state index contributed by atoms with van der Waals surface area (Å²) in [5, 5.41) is 0. The van der Waals surface area contributed by atoms with Crippen LogP contribution in [0.4, 0.5) is 0 Å². The van der Waals surface area contributed by atoms with Crippen LogP contribution >= 0.6 is 0 Å². The summed E-state index contributed by atoms with van der Waals surface area (Å²) in [4.78, 5) is 0. The lowest BCUT2D eigenvalue weighted by Gasteiger charge is -2.07. The Morgan fingerprint density at radius 1 is 1.50 bits per heavy atom. The highest BCUT2D eigenvalue weighted by molar-refractivity contribution is 4.78. The predicted octanol–water partition coefficient (Wildman–Crippen LogP) is 2.30. The first-order chi connectivity index (χ1) is 5.81. The third-order valence-corrected chi connectivity index (χ3v) is 1.88. The summed E-state index contributed by atoms with van der Waals surface area (Å²) in [6.45, 7) is 5.48. The Morgan fingerprint density at radius 3 is 2.83 bits per heavy atom. The molecule has 0 rings (SSSR count). The van der Waals surface area contributed by atoms with E-state index < -0.39 is 0 Å². The van der Waals surface area contributed by atoms with E-state index in [2.05, 4.69) is 26.0 Å². The summed E-state index contributed by atoms with van der Waals surface area (Å²) < 4.78 is 5.05. The number of hydrogen-bond donors (Lipinski definition) is 1. The van der Waals surface area contributed by atoms with Crippen molar-refractivity contribution in [3.05, 3.63) is 12.2 Å². The Labute approximate surface area is 75.8 Å². The van der Waals surface area contributed by atoms with Crippen LogP contribution in [0.15, 0.2) is 12.2 Å². The highest BCUT2D eigenvalue weighted by Crippen LogP contribution is 2.10. The summed E-state index contributed by atoms with van der Waals surface area (Å²) >= 11 is 0. The van der Waals surface area contributed by atoms with Gasteiger partial charge in [-0.15, -0.1) is 0 Å². The van der Waals surface area contributed by atoms with Crippen LogP contribution in [0.2, 0.25) is 0 Å². The van der Waals surface area contributed by atoms with E-state index in [0.29, 0.717) is 6.73 Å². The average molecular weight is 171 g/mol. The molecule has 0 saturated heterocycles. The predicted molar refractivity (Wildman–Crippen MR) is 52.8 cm³/mol. The molecule has 1 atom stereocenters. The number of hydrogen-bond acceptors (Lipinski definition) is 2. The Kier molecular flexibility index (Phi) is 8.51. The van der Waals surface area contributed by atoms with Crippen LogP contribution in [0, 0.1) is 5.92 Å². The molecule has 0 aromatic rings. The first kappa shape index (κ1) is 11.7. The Bertz CT molecular complexity index is 112. The highest BCUT2D eigenvalue weighted by atomic mass is 16.5. The van der Waals surface area contributed by atoms with Crippen molar-refractivity contribution in [3.8, 4) is 0 Å². The molecule has 0 fully saturated rings. The van der Waals surface area contributed by atoms with Crippen LogP contribution in [0.3, 0.4) is 0 Å². The van der Waals surface area contributed by atoms with Crippen molar-refractivity contribution in [2.45, 2.75) is 33.1 Å². The summed E-state index contributed by atoms with van der Waals surface area (Å²) in [6, 6.07) is 0. The second-order valence-electron chi connectivity index (χ2n) is 3.13. The van der Waals surface area contributed by atoms with E-state index >= 15 is 0 Å². The molecule has 2 nitrogen and oxygen atoms in total. The number of allylic oxidation sites excluding steroid dienone is 2. The molecule has 2 N–H and O–H groups in total. The molecule has 0 bridgehead atoms. The molecule has 72 valence electrons. The van der Waals surface area contributed by atoms with Crippen molar-refractivity contribution in [1.29, 1.82) is 0 Å². The minimum Gasteiger partial charge on any atom is -0.367 e. The topological polar surface area (TPSA) is 35.2 Å². The molecular weight excluding hydrogens is 150 g/mol. The van der Waals surface area contributed by atoms with E-state index in [1.54, 1.807) is 0 Å². The fraction of sp³-hybridized carbons (Fsp3) is 0.800. The van der Waals surface area contributed by atoms with Crippen molar-refractivity contribution in [1.82, 2.24) is 0 Å². The molecule has 0 aliphatic carbocycles. The van der Waals surface area contributed by atoms with Gasteiger partial charge in [0, 0.05) is 6.61 Å². The van der Waals surface area contributed by atoms with Gasteiger partial charge in [0.15, 0.2) is 0 Å². The van der Waals surface area contributed by atoms with Gasteiger partial charge in [0.2, 0.25) is 0 Å². The number of rotatable bonds is 7. The summed E-state index contributed by atoms with van der Waals surface area (Å²) in [6.07, 6.45) is 7.85. The SMILES string of the molecule is C/C=C/CC(C)CCCOCN. The first-order valence-electron chi connectivity index (χ1n) is 4.70. The minimum atomic E-state index is 0.350. The van der Waals surface area contributed by atoms with Crippen LogP contribution < -0.4 is 5.73 Å². The molecule has 0 aromatic carbocycles. The molecule has 0 spiro atoms. The van der Waals surface area contributed by atoms with Crippen molar-refractivity contribution >= 4 is 0 Å². The summed E-state index contributed by atoms with van der Waals surface area (Å²) in [5.41, 5.74) is 5.19. The number of nitrogens with two attached hydrogens (primary N) is 1. The van der Waals surface area contributed by atoms with Crippen molar-refractivity contribution < 1.29 is 4.74 Å². The maximum absolute atomic E-state index is 5.19. The minimum absolute atomic E-state index is 0.350. The molecule has 0 heterocycles. The van der Waals surface area contributed by atoms with Gasteiger partial charge in [-0.3, -0.25) is 0 Å². The smallest absolute Gasteiger partial charge is 0.0940 e. The molecular formula is C10H21NO. The summed E-state index contributed by atoms with van der Waals surface area (Å²) in [5.74, 6) is 0.766. The second kappa shape index (κ2) is 8.75. The van der Waals surface area contributed by atoms with Gasteiger partial charge in [0.1, 0.15) is 0 Å². The van der Waals surface area contributed by atoms with Crippen molar-refractivity contribution in [2.24, 2.45) is 11.7 Å². The molecule has 0 amide bonds. The zero-order valence-electron chi connectivity index (χ0n) is 8.25. The number of ether oxygens (including phenoxy) is 1. The quantitative estimate of drug-likeness (QED) is 0.362. The molecule has 1 unspecified atom stereocenters. The molecule has 0 aliphatic heterocycles. The fourth-order valence-corrected chi connectivity index (χ4v) is 1.10. The van der Waals surface area contributed by atoms with Gasteiger partial charge < -0.3 is 10.5 Å². The van der Waals surface area contributed by atoms with Gasteiger partial charge >= 0.3 is 0 Å². The molecule has 0 radical (unpaired) electrons. The van der Waals surface area contributed by atoms with Gasteiger partial charge in [-0.05, 0) is 32.1 Å². The van der Waals surface area contributed by atoms with Crippen LogP contribution in [-0.4, -0.2) is 13.3 Å². The third-order valence-electron chi connectivity index (χ3n) is 1.88. The van der Waals surface area contributed by atoms with E-state index in [9.17, 15) is 0 Å². The van der Waals surface area contributed by atoms with Crippen LogP contribution in [-0.2, 0) is 4.74 Å². The lowest BCUT2D eigenvalue weighted by molar-refractivity contribution is 0.134. The van der Waals surface area contributed by atoms with Crippen molar-refractivity contribution in [2.75, 3.05) is 13.3 Å².